The van der Waals surface area contributed by atoms with Gasteiger partial charge in [-0.25, -0.2) is 0 Å². The van der Waals surface area contributed by atoms with Gasteiger partial charge in [0.05, 0.1) is 5.88 Å². The third-order valence-electron chi connectivity index (χ3n) is 3.93. The molecular formula is C17H25N3O2S. The fraction of sp³-hybridized carbons (Fsp3) is 0.588. The van der Waals surface area contributed by atoms with Crippen LogP contribution in [0, 0.1) is 5.41 Å². The van der Waals surface area contributed by atoms with Crippen molar-refractivity contribution >= 4 is 23.6 Å². The number of carbonyl (C=O) groups excluding carboxylic acids is 2. The number of amides is 2. The number of carbonyl (C=O) groups is 2. The Hall–Kier alpha value is -1.56. The van der Waals surface area contributed by atoms with Crippen molar-refractivity contribution < 1.29 is 9.59 Å². The van der Waals surface area contributed by atoms with E-state index >= 15 is 0 Å². The molecule has 0 aromatic carbocycles. The topological polar surface area (TPSA) is 53.5 Å². The molecule has 0 unspecified atom stereocenters. The summed E-state index contributed by atoms with van der Waals surface area (Å²) in [6.07, 6.45) is 4.31. The lowest BCUT2D eigenvalue weighted by atomic mass is 9.94. The fourth-order valence-electron chi connectivity index (χ4n) is 2.49. The molecule has 1 aliphatic rings. The lowest BCUT2D eigenvalue weighted by Gasteiger charge is -2.31. The number of hydrogen-bond donors (Lipinski definition) is 0. The standard InChI is InChI=1S/C17H25N3O2S/c1-17(2,3)16(22)20-12-23-11-14(20)15(21)19(4)10-7-13-5-8-18-9-6-13/h5-6,8-9,14H,7,10-12H2,1-4H3/t14-/m1/s1. The molecule has 1 fully saturated rings. The summed E-state index contributed by atoms with van der Waals surface area (Å²) in [7, 11) is 1.81. The van der Waals surface area contributed by atoms with Gasteiger partial charge in [-0.1, -0.05) is 20.8 Å². The largest absolute Gasteiger partial charge is 0.344 e. The Morgan fingerprint density at radius 3 is 2.61 bits per heavy atom. The Kier molecular flexibility index (Phi) is 5.68. The highest BCUT2D eigenvalue weighted by atomic mass is 32.2. The molecule has 0 radical (unpaired) electrons. The summed E-state index contributed by atoms with van der Waals surface area (Å²) in [4.78, 5) is 32.7. The zero-order valence-corrected chi connectivity index (χ0v) is 15.1. The Morgan fingerprint density at radius 1 is 1.35 bits per heavy atom. The van der Waals surface area contributed by atoms with Crippen LogP contribution in [-0.2, 0) is 16.0 Å². The first kappa shape index (κ1) is 17.8. The minimum absolute atomic E-state index is 0.0293. The second-order valence-corrected chi connectivity index (χ2v) is 7.91. The molecule has 1 aromatic heterocycles. The molecule has 5 nitrogen and oxygen atoms in total. The van der Waals surface area contributed by atoms with Gasteiger partial charge in [0, 0.05) is 37.2 Å². The molecule has 0 bridgehead atoms. The van der Waals surface area contributed by atoms with E-state index in [0.717, 1.165) is 12.0 Å². The number of nitrogens with zero attached hydrogens (tertiary/aromatic N) is 3. The third-order valence-corrected chi connectivity index (χ3v) is 4.94. The fourth-order valence-corrected chi connectivity index (χ4v) is 3.63. The summed E-state index contributed by atoms with van der Waals surface area (Å²) in [5, 5.41) is 0. The van der Waals surface area contributed by atoms with Crippen molar-refractivity contribution in [1.29, 1.82) is 0 Å². The molecule has 1 atom stereocenters. The molecule has 0 spiro atoms. The van der Waals surface area contributed by atoms with Crippen molar-refractivity contribution in [2.24, 2.45) is 5.41 Å². The van der Waals surface area contributed by atoms with Gasteiger partial charge in [0.2, 0.25) is 11.8 Å². The molecule has 2 rings (SSSR count). The van der Waals surface area contributed by atoms with E-state index in [2.05, 4.69) is 4.98 Å². The van der Waals surface area contributed by atoms with E-state index < -0.39 is 5.41 Å². The lowest BCUT2D eigenvalue weighted by Crippen LogP contribution is -2.51. The third kappa shape index (κ3) is 4.47. The maximum atomic E-state index is 12.7. The molecule has 1 aromatic rings. The maximum Gasteiger partial charge on any atom is 0.246 e. The van der Waals surface area contributed by atoms with Gasteiger partial charge in [-0.15, -0.1) is 11.8 Å². The van der Waals surface area contributed by atoms with E-state index in [1.165, 1.54) is 0 Å². The normalized spacial score (nSPS) is 18.1. The zero-order chi connectivity index (χ0) is 17.0. The van der Waals surface area contributed by atoms with E-state index in [9.17, 15) is 9.59 Å². The maximum absolute atomic E-state index is 12.7. The molecule has 0 saturated carbocycles. The number of likely N-dealkylation sites (N-methyl/N-ethyl adjacent to an activating group) is 1. The van der Waals surface area contributed by atoms with Crippen LogP contribution in [0.4, 0.5) is 0 Å². The average Bonchev–Trinajstić information content (AvgIpc) is 3.00. The molecule has 1 saturated heterocycles. The number of pyridine rings is 1. The molecule has 2 amide bonds. The summed E-state index contributed by atoms with van der Waals surface area (Å²) in [6.45, 7) is 6.33. The summed E-state index contributed by atoms with van der Waals surface area (Å²) in [5.41, 5.74) is 0.696. The molecule has 126 valence electrons. The van der Waals surface area contributed by atoms with Crippen LogP contribution in [0.2, 0.25) is 0 Å². The van der Waals surface area contributed by atoms with E-state index in [4.69, 9.17) is 0 Å². The van der Waals surface area contributed by atoms with Crippen molar-refractivity contribution in [2.75, 3.05) is 25.2 Å². The van der Waals surface area contributed by atoms with Crippen LogP contribution in [0.1, 0.15) is 26.3 Å². The van der Waals surface area contributed by atoms with Crippen molar-refractivity contribution in [2.45, 2.75) is 33.2 Å². The quantitative estimate of drug-likeness (QED) is 0.845. The molecular weight excluding hydrogens is 310 g/mol. The van der Waals surface area contributed by atoms with Gasteiger partial charge < -0.3 is 9.80 Å². The molecule has 23 heavy (non-hydrogen) atoms. The first-order valence-electron chi connectivity index (χ1n) is 7.83. The van der Waals surface area contributed by atoms with Crippen LogP contribution in [0.15, 0.2) is 24.5 Å². The summed E-state index contributed by atoms with van der Waals surface area (Å²) >= 11 is 1.64. The van der Waals surface area contributed by atoms with Gasteiger partial charge in [0.1, 0.15) is 6.04 Å². The highest BCUT2D eigenvalue weighted by Gasteiger charge is 2.39. The zero-order valence-electron chi connectivity index (χ0n) is 14.3. The number of hydrogen-bond acceptors (Lipinski definition) is 4. The van der Waals surface area contributed by atoms with Gasteiger partial charge in [-0.3, -0.25) is 14.6 Å². The minimum Gasteiger partial charge on any atom is -0.344 e. The summed E-state index contributed by atoms with van der Waals surface area (Å²) in [5.74, 6) is 1.36. The van der Waals surface area contributed by atoms with Crippen molar-refractivity contribution in [1.82, 2.24) is 14.8 Å². The van der Waals surface area contributed by atoms with Crippen molar-refractivity contribution in [3.8, 4) is 0 Å². The minimum atomic E-state index is -0.459. The first-order chi connectivity index (χ1) is 10.8. The molecule has 0 aliphatic carbocycles. The van der Waals surface area contributed by atoms with E-state index in [1.54, 1.807) is 34.0 Å². The van der Waals surface area contributed by atoms with E-state index in [-0.39, 0.29) is 17.9 Å². The van der Waals surface area contributed by atoms with Crippen LogP contribution in [0.3, 0.4) is 0 Å². The second kappa shape index (κ2) is 7.34. The summed E-state index contributed by atoms with van der Waals surface area (Å²) < 4.78 is 0. The van der Waals surface area contributed by atoms with Crippen LogP contribution in [0.25, 0.3) is 0 Å². The van der Waals surface area contributed by atoms with Gasteiger partial charge >= 0.3 is 0 Å². The Labute approximate surface area is 142 Å². The monoisotopic (exact) mass is 335 g/mol. The SMILES string of the molecule is CN(CCc1ccncc1)C(=O)[C@H]1CSCN1C(=O)C(C)(C)C. The van der Waals surface area contributed by atoms with Gasteiger partial charge in [0.25, 0.3) is 0 Å². The highest BCUT2D eigenvalue weighted by Crippen LogP contribution is 2.28. The predicted molar refractivity (Wildman–Crippen MR) is 93.0 cm³/mol. The van der Waals surface area contributed by atoms with Gasteiger partial charge in [0.15, 0.2) is 0 Å². The van der Waals surface area contributed by atoms with Crippen LogP contribution >= 0.6 is 11.8 Å². The summed E-state index contributed by atoms with van der Waals surface area (Å²) in [6, 6.07) is 3.58. The van der Waals surface area contributed by atoms with Gasteiger partial charge in [-0.05, 0) is 24.1 Å². The molecule has 6 heteroatoms. The molecule has 2 heterocycles. The number of thioether (sulfide) groups is 1. The van der Waals surface area contributed by atoms with E-state index in [0.29, 0.717) is 18.2 Å². The second-order valence-electron chi connectivity index (χ2n) is 6.91. The smallest absolute Gasteiger partial charge is 0.246 e. The molecule has 1 aliphatic heterocycles. The molecule has 0 N–H and O–H groups in total. The Balaban J connectivity index is 1.96. The number of rotatable bonds is 4. The van der Waals surface area contributed by atoms with Crippen LogP contribution in [0.5, 0.6) is 0 Å². The van der Waals surface area contributed by atoms with Gasteiger partial charge in [-0.2, -0.15) is 0 Å². The average molecular weight is 335 g/mol. The van der Waals surface area contributed by atoms with Crippen molar-refractivity contribution in [3.63, 3.8) is 0 Å². The van der Waals surface area contributed by atoms with E-state index in [1.807, 2.05) is 40.0 Å². The Bertz CT molecular complexity index is 557. The predicted octanol–water partition coefficient (Wildman–Crippen LogP) is 2.03. The first-order valence-corrected chi connectivity index (χ1v) is 8.99. The van der Waals surface area contributed by atoms with Crippen LogP contribution in [-0.4, -0.2) is 57.9 Å². The highest BCUT2D eigenvalue weighted by molar-refractivity contribution is 7.99. The van der Waals surface area contributed by atoms with Crippen molar-refractivity contribution in [3.05, 3.63) is 30.1 Å². The lowest BCUT2D eigenvalue weighted by molar-refractivity contribution is -0.147. The Morgan fingerprint density at radius 2 is 2.00 bits per heavy atom. The number of aromatic nitrogens is 1. The van der Waals surface area contributed by atoms with Crippen LogP contribution < -0.4 is 0 Å².